The molecule has 2 aliphatic rings. The minimum absolute atomic E-state index is 0.0893. The standard InChI is InChI=1S/C60H43N5O/c1-60(2,3)37-30-28-36(29-31-37)54-57(63-47-22-10-4-16-38(47)39-17-5-11-23-48(39)63)45(34-61)56(46(35-62)58(54)64-49-24-12-6-18-40(49)41-19-7-13-25-50(41)64)65-51-26-14-8-21-44(51)55-52(65)33-32-43-42-20-9-15-27-53(42)66-59(43)55/h4-6,8-10,12-18,20-22,24-33H,7,11,19,23H2,1-3H3. The molecule has 13 rings (SSSR count). The lowest BCUT2D eigenvalue weighted by molar-refractivity contribution is 0.590. The van der Waals surface area contributed by atoms with Crippen molar-refractivity contribution in [2.75, 3.05) is 0 Å². The number of benzene rings is 7. The first-order chi connectivity index (χ1) is 32.4. The number of hydrogen-bond acceptors (Lipinski definition) is 3. The Kier molecular flexibility index (Phi) is 8.15. The maximum Gasteiger partial charge on any atom is 0.145 e. The molecule has 4 aromatic heterocycles. The Morgan fingerprint density at radius 2 is 1.14 bits per heavy atom. The highest BCUT2D eigenvalue weighted by molar-refractivity contribution is 6.24. The molecule has 6 nitrogen and oxygen atoms in total. The van der Waals surface area contributed by atoms with Gasteiger partial charge < -0.3 is 18.1 Å². The summed E-state index contributed by atoms with van der Waals surface area (Å²) in [6.07, 6.45) is 12.5. The van der Waals surface area contributed by atoms with Crippen LogP contribution in [-0.4, -0.2) is 13.7 Å². The fourth-order valence-corrected chi connectivity index (χ4v) is 11.3. The van der Waals surface area contributed by atoms with Crippen LogP contribution in [-0.2, 0) is 18.3 Å². The van der Waals surface area contributed by atoms with Crippen molar-refractivity contribution < 1.29 is 4.42 Å². The molecule has 0 atom stereocenters. The van der Waals surface area contributed by atoms with Gasteiger partial charge in [-0.3, -0.25) is 0 Å². The molecule has 7 aromatic carbocycles. The Morgan fingerprint density at radius 3 is 1.86 bits per heavy atom. The molecule has 0 fully saturated rings. The second-order valence-corrected chi connectivity index (χ2v) is 18.8. The lowest BCUT2D eigenvalue weighted by Crippen LogP contribution is -2.16. The van der Waals surface area contributed by atoms with Gasteiger partial charge in [-0.2, -0.15) is 10.5 Å². The van der Waals surface area contributed by atoms with E-state index in [-0.39, 0.29) is 5.41 Å². The van der Waals surface area contributed by atoms with Gasteiger partial charge >= 0.3 is 0 Å². The van der Waals surface area contributed by atoms with Crippen LogP contribution in [0.1, 0.15) is 72.8 Å². The predicted molar refractivity (Wildman–Crippen MR) is 270 cm³/mol. The molecular formula is C60H43N5O. The fourth-order valence-electron chi connectivity index (χ4n) is 11.3. The summed E-state index contributed by atoms with van der Waals surface area (Å²) < 4.78 is 13.7. The Labute approximate surface area is 381 Å². The topological polar surface area (TPSA) is 75.5 Å². The zero-order chi connectivity index (χ0) is 44.4. The first-order valence-electron chi connectivity index (χ1n) is 22.9. The van der Waals surface area contributed by atoms with Crippen molar-refractivity contribution in [3.05, 3.63) is 185 Å². The number of rotatable bonds is 4. The second kappa shape index (κ2) is 14.1. The lowest BCUT2D eigenvalue weighted by atomic mass is 9.85. The number of hydrogen-bond donors (Lipinski definition) is 0. The number of fused-ring (bicyclic) bond motifs is 13. The van der Waals surface area contributed by atoms with Gasteiger partial charge in [0.25, 0.3) is 0 Å². The molecule has 2 aliphatic carbocycles. The van der Waals surface area contributed by atoms with Crippen molar-refractivity contribution in [1.29, 1.82) is 10.5 Å². The van der Waals surface area contributed by atoms with Gasteiger partial charge in [-0.15, -0.1) is 0 Å². The molecule has 4 heterocycles. The van der Waals surface area contributed by atoms with Crippen LogP contribution in [0.5, 0.6) is 0 Å². The molecule has 0 saturated carbocycles. The van der Waals surface area contributed by atoms with Crippen LogP contribution in [0, 0.1) is 22.7 Å². The van der Waals surface area contributed by atoms with Crippen LogP contribution in [0.4, 0.5) is 0 Å². The van der Waals surface area contributed by atoms with E-state index in [1.807, 2.05) is 24.3 Å². The molecule has 11 aromatic rings. The lowest BCUT2D eigenvalue weighted by Gasteiger charge is -2.28. The predicted octanol–water partition coefficient (Wildman–Crippen LogP) is 15.2. The van der Waals surface area contributed by atoms with E-state index < -0.39 is 0 Å². The van der Waals surface area contributed by atoms with Crippen molar-refractivity contribution in [3.8, 4) is 40.3 Å². The monoisotopic (exact) mass is 849 g/mol. The number of para-hydroxylation sites is 4. The van der Waals surface area contributed by atoms with Crippen molar-refractivity contribution >= 4 is 77.7 Å². The molecule has 0 N–H and O–H groups in total. The number of furan rings is 1. The van der Waals surface area contributed by atoms with Gasteiger partial charge in [-0.05, 0) is 90.3 Å². The van der Waals surface area contributed by atoms with Gasteiger partial charge in [0.1, 0.15) is 34.4 Å². The van der Waals surface area contributed by atoms with E-state index in [4.69, 9.17) is 4.42 Å². The van der Waals surface area contributed by atoms with Gasteiger partial charge in [-0.1, -0.05) is 136 Å². The van der Waals surface area contributed by atoms with Crippen molar-refractivity contribution in [1.82, 2.24) is 13.7 Å². The normalized spacial score (nSPS) is 13.6. The summed E-state index contributed by atoms with van der Waals surface area (Å²) in [5.41, 5.74) is 15.8. The van der Waals surface area contributed by atoms with Crippen LogP contribution >= 0.6 is 0 Å². The average Bonchev–Trinajstić information content (AvgIpc) is 4.09. The maximum absolute atomic E-state index is 12.2. The van der Waals surface area contributed by atoms with E-state index in [9.17, 15) is 10.5 Å². The molecule has 0 amide bonds. The highest BCUT2D eigenvalue weighted by Crippen LogP contribution is 2.50. The van der Waals surface area contributed by atoms with Crippen molar-refractivity contribution in [2.24, 2.45) is 0 Å². The third-order valence-corrected chi connectivity index (χ3v) is 14.2. The van der Waals surface area contributed by atoms with E-state index in [0.29, 0.717) is 16.8 Å². The first-order valence-corrected chi connectivity index (χ1v) is 22.9. The molecule has 314 valence electrons. The molecule has 66 heavy (non-hydrogen) atoms. The van der Waals surface area contributed by atoms with Crippen LogP contribution in [0.25, 0.3) is 106 Å². The second-order valence-electron chi connectivity index (χ2n) is 18.8. The third kappa shape index (κ3) is 5.21. The van der Waals surface area contributed by atoms with E-state index in [1.54, 1.807) is 0 Å². The summed E-state index contributed by atoms with van der Waals surface area (Å²) in [5, 5.41) is 30.6. The minimum atomic E-state index is -0.0893. The number of allylic oxidation sites excluding steroid dienone is 2. The maximum atomic E-state index is 12.2. The fraction of sp³-hybridized carbons (Fsp3) is 0.133. The van der Waals surface area contributed by atoms with Gasteiger partial charge in [0.05, 0.1) is 44.5 Å². The molecule has 0 spiro atoms. The highest BCUT2D eigenvalue weighted by atomic mass is 16.3. The summed E-state index contributed by atoms with van der Waals surface area (Å²) in [6, 6.07) is 52.5. The molecule has 6 heteroatoms. The molecule has 0 saturated heterocycles. The summed E-state index contributed by atoms with van der Waals surface area (Å²) in [7, 11) is 0. The smallest absolute Gasteiger partial charge is 0.145 e. The zero-order valence-corrected chi connectivity index (χ0v) is 37.0. The number of aryl methyl sites for hydroxylation is 1. The van der Waals surface area contributed by atoms with Gasteiger partial charge in [0.2, 0.25) is 0 Å². The quantitative estimate of drug-likeness (QED) is 0.177. The number of aromatic nitrogens is 3. The average molecular weight is 850 g/mol. The first kappa shape index (κ1) is 38.2. The number of nitriles is 2. The van der Waals surface area contributed by atoms with E-state index in [1.165, 1.54) is 16.5 Å². The Bertz CT molecular complexity index is 4040. The minimum Gasteiger partial charge on any atom is -0.455 e. The van der Waals surface area contributed by atoms with Gasteiger partial charge in [0, 0.05) is 49.4 Å². The summed E-state index contributed by atoms with van der Waals surface area (Å²) in [5.74, 6) is 0. The Balaban J connectivity index is 1.31. The van der Waals surface area contributed by atoms with Gasteiger partial charge in [0.15, 0.2) is 0 Å². The molecule has 0 aliphatic heterocycles. The van der Waals surface area contributed by atoms with Crippen LogP contribution < -0.4 is 0 Å². The van der Waals surface area contributed by atoms with E-state index in [0.717, 1.165) is 125 Å². The van der Waals surface area contributed by atoms with Crippen LogP contribution in [0.3, 0.4) is 0 Å². The van der Waals surface area contributed by atoms with Crippen LogP contribution in [0.2, 0.25) is 0 Å². The van der Waals surface area contributed by atoms with Crippen LogP contribution in [0.15, 0.2) is 150 Å². The summed E-state index contributed by atoms with van der Waals surface area (Å²) in [4.78, 5) is 0. The molecular weight excluding hydrogens is 807 g/mol. The summed E-state index contributed by atoms with van der Waals surface area (Å²) >= 11 is 0. The van der Waals surface area contributed by atoms with Crippen molar-refractivity contribution in [2.45, 2.75) is 51.9 Å². The molecule has 0 radical (unpaired) electrons. The SMILES string of the molecule is CC(C)(C)c1ccc(-c2c(-n3c4c(c5ccccc53)CCC=C4)c(C#N)c(-n3c4ccccc4c4c5oc6ccccc6c5ccc43)c(C#N)c2-n2c3c(c4ccccc42)C=CCC3)cc1. The van der Waals surface area contributed by atoms with Gasteiger partial charge in [-0.25, -0.2) is 0 Å². The van der Waals surface area contributed by atoms with Crippen molar-refractivity contribution in [3.63, 3.8) is 0 Å². The zero-order valence-electron chi connectivity index (χ0n) is 37.0. The highest BCUT2D eigenvalue weighted by Gasteiger charge is 2.35. The summed E-state index contributed by atoms with van der Waals surface area (Å²) in [6.45, 7) is 6.70. The molecule has 0 unspecified atom stereocenters. The van der Waals surface area contributed by atoms with E-state index >= 15 is 0 Å². The largest absolute Gasteiger partial charge is 0.455 e. The number of nitrogens with zero attached hydrogens (tertiary/aromatic N) is 5. The van der Waals surface area contributed by atoms with E-state index in [2.05, 4.69) is 180 Å². The molecule has 0 bridgehead atoms. The Hall–Kier alpha value is -8.32. The third-order valence-electron chi connectivity index (χ3n) is 14.2. The Morgan fingerprint density at radius 1 is 0.530 bits per heavy atom.